The number of carbonyl (C=O) groups excluding carboxylic acids is 1. The average molecular weight is 318 g/mol. The Morgan fingerprint density at radius 2 is 1.91 bits per heavy atom. The average Bonchev–Trinajstić information content (AvgIpc) is 2.72. The molecule has 3 heteroatoms. The Morgan fingerprint density at radius 1 is 1.17 bits per heavy atom. The number of fused-ring (bicyclic) bond motifs is 3. The van der Waals surface area contributed by atoms with Gasteiger partial charge in [-0.1, -0.05) is 20.4 Å². The van der Waals surface area contributed by atoms with Crippen LogP contribution in [0.15, 0.2) is 12.2 Å². The smallest absolute Gasteiger partial charge is 0.141 e. The number of hydrogen-bond acceptors (Lipinski definition) is 3. The van der Waals surface area contributed by atoms with Gasteiger partial charge in [0.15, 0.2) is 0 Å². The summed E-state index contributed by atoms with van der Waals surface area (Å²) in [7, 11) is 0. The Morgan fingerprint density at radius 3 is 2.61 bits per heavy atom. The van der Waals surface area contributed by atoms with Crippen LogP contribution in [0.25, 0.3) is 0 Å². The van der Waals surface area contributed by atoms with Gasteiger partial charge in [-0.05, 0) is 67.3 Å². The molecule has 0 amide bonds. The second-order valence-electron chi connectivity index (χ2n) is 9.34. The van der Waals surface area contributed by atoms with E-state index in [1.165, 1.54) is 0 Å². The Bertz CT molecular complexity index is 569. The first-order chi connectivity index (χ1) is 10.8. The van der Waals surface area contributed by atoms with Crippen molar-refractivity contribution in [2.24, 2.45) is 34.0 Å². The fraction of sp³-hybridized carbons (Fsp3) is 0.850. The summed E-state index contributed by atoms with van der Waals surface area (Å²) in [4.78, 5) is 12.6. The first kappa shape index (κ1) is 15.8. The monoisotopic (exact) mass is 318 g/mol. The summed E-state index contributed by atoms with van der Waals surface area (Å²) in [5.41, 5.74) is 0.514. The van der Waals surface area contributed by atoms with Crippen LogP contribution < -0.4 is 0 Å². The highest BCUT2D eigenvalue weighted by Crippen LogP contribution is 2.71. The zero-order chi connectivity index (χ0) is 16.6. The summed E-state index contributed by atoms with van der Waals surface area (Å²) in [6, 6.07) is 0. The Labute approximate surface area is 139 Å². The highest BCUT2D eigenvalue weighted by atomic mass is 16.3. The SMILES string of the molecule is C=C1[C@@H]2CC[C@H]3[C@]4(C)CCC(=O)[C@@](C)(CO)[C@H]4CC[C@]3(C2)[C@@H]1O. The van der Waals surface area contributed by atoms with Crippen LogP contribution in [0.2, 0.25) is 0 Å². The lowest BCUT2D eigenvalue weighted by molar-refractivity contribution is -0.184. The Balaban J connectivity index is 1.78. The maximum absolute atomic E-state index is 12.6. The number of ketones is 1. The summed E-state index contributed by atoms with van der Waals surface area (Å²) < 4.78 is 0. The zero-order valence-corrected chi connectivity index (χ0v) is 14.5. The van der Waals surface area contributed by atoms with Crippen LogP contribution >= 0.6 is 0 Å². The molecule has 0 aromatic carbocycles. The van der Waals surface area contributed by atoms with E-state index >= 15 is 0 Å². The molecule has 0 saturated heterocycles. The van der Waals surface area contributed by atoms with Gasteiger partial charge in [0, 0.05) is 11.8 Å². The number of hydrogen-bond donors (Lipinski definition) is 2. The predicted molar refractivity (Wildman–Crippen MR) is 88.7 cm³/mol. The predicted octanol–water partition coefficient (Wildman–Crippen LogP) is 3.10. The van der Waals surface area contributed by atoms with E-state index in [2.05, 4.69) is 13.5 Å². The summed E-state index contributed by atoms with van der Waals surface area (Å²) >= 11 is 0. The van der Waals surface area contributed by atoms with Gasteiger partial charge >= 0.3 is 0 Å². The Kier molecular flexibility index (Phi) is 3.23. The summed E-state index contributed by atoms with van der Waals surface area (Å²) in [5.74, 6) is 1.44. The maximum atomic E-state index is 12.6. The van der Waals surface area contributed by atoms with Crippen molar-refractivity contribution in [1.29, 1.82) is 0 Å². The van der Waals surface area contributed by atoms with Crippen LogP contribution in [-0.2, 0) is 4.79 Å². The number of aliphatic hydroxyl groups excluding tert-OH is 2. The minimum atomic E-state index is -0.591. The van der Waals surface area contributed by atoms with Gasteiger partial charge < -0.3 is 10.2 Å². The first-order valence-electron chi connectivity index (χ1n) is 9.30. The van der Waals surface area contributed by atoms with Gasteiger partial charge in [0.2, 0.25) is 0 Å². The van der Waals surface area contributed by atoms with E-state index in [0.717, 1.165) is 44.1 Å². The van der Waals surface area contributed by atoms with E-state index in [-0.39, 0.29) is 35.2 Å². The Hall–Kier alpha value is -0.670. The van der Waals surface area contributed by atoms with Gasteiger partial charge in [0.05, 0.1) is 18.1 Å². The van der Waals surface area contributed by atoms with E-state index in [4.69, 9.17) is 0 Å². The van der Waals surface area contributed by atoms with Crippen LogP contribution in [0.5, 0.6) is 0 Å². The standard InChI is InChI=1S/C20H30O3/c1-12-13-4-5-15-18(2)8-7-16(22)19(3,11-21)14(18)6-9-20(15,10-13)17(12)23/h13-15,17,21,23H,1,4-11H2,2-3H3/t13-,14+,15+,17-,18-,19+,20-/m1/s1. The topological polar surface area (TPSA) is 57.5 Å². The third kappa shape index (κ3) is 1.71. The maximum Gasteiger partial charge on any atom is 0.141 e. The molecule has 0 aliphatic heterocycles. The van der Waals surface area contributed by atoms with E-state index in [0.29, 0.717) is 18.3 Å². The van der Waals surface area contributed by atoms with Crippen LogP contribution in [0.1, 0.15) is 58.8 Å². The van der Waals surface area contributed by atoms with Gasteiger partial charge in [0.1, 0.15) is 5.78 Å². The van der Waals surface area contributed by atoms with Crippen molar-refractivity contribution >= 4 is 5.78 Å². The number of aliphatic hydroxyl groups is 2. The molecular weight excluding hydrogens is 288 g/mol. The molecule has 4 fully saturated rings. The molecule has 4 rings (SSSR count). The largest absolute Gasteiger partial charge is 0.395 e. The van der Waals surface area contributed by atoms with Crippen molar-refractivity contribution in [3.63, 3.8) is 0 Å². The lowest BCUT2D eigenvalue weighted by Gasteiger charge is -2.63. The molecule has 128 valence electrons. The van der Waals surface area contributed by atoms with Crippen molar-refractivity contribution < 1.29 is 15.0 Å². The van der Waals surface area contributed by atoms with Gasteiger partial charge in [0.25, 0.3) is 0 Å². The van der Waals surface area contributed by atoms with Crippen molar-refractivity contribution in [2.45, 2.75) is 64.9 Å². The molecule has 0 heterocycles. The second-order valence-corrected chi connectivity index (χ2v) is 9.34. The van der Waals surface area contributed by atoms with Crippen LogP contribution in [0.4, 0.5) is 0 Å². The van der Waals surface area contributed by atoms with Crippen LogP contribution in [0.3, 0.4) is 0 Å². The van der Waals surface area contributed by atoms with Gasteiger partial charge in [-0.25, -0.2) is 0 Å². The van der Waals surface area contributed by atoms with E-state index < -0.39 is 5.41 Å². The minimum absolute atomic E-state index is 0.0119. The molecule has 3 nitrogen and oxygen atoms in total. The third-order valence-electron chi connectivity index (χ3n) is 8.66. The molecule has 0 aromatic rings. The molecule has 4 aliphatic rings. The lowest BCUT2D eigenvalue weighted by atomic mass is 9.40. The number of Topliss-reactive ketones (excluding diaryl/α,β-unsaturated/α-hetero) is 1. The number of carbonyl (C=O) groups is 1. The molecule has 2 N–H and O–H groups in total. The van der Waals surface area contributed by atoms with Crippen molar-refractivity contribution in [1.82, 2.24) is 0 Å². The minimum Gasteiger partial charge on any atom is -0.395 e. The molecule has 4 aliphatic carbocycles. The van der Waals surface area contributed by atoms with E-state index in [1.54, 1.807) is 0 Å². The summed E-state index contributed by atoms with van der Waals surface area (Å²) in [6.07, 6.45) is 6.43. The molecule has 0 radical (unpaired) electrons. The highest BCUT2D eigenvalue weighted by molar-refractivity contribution is 5.86. The molecule has 0 aromatic heterocycles. The molecule has 23 heavy (non-hydrogen) atoms. The van der Waals surface area contributed by atoms with E-state index in [9.17, 15) is 15.0 Å². The quantitative estimate of drug-likeness (QED) is 0.731. The van der Waals surface area contributed by atoms with Gasteiger partial charge in [-0.2, -0.15) is 0 Å². The van der Waals surface area contributed by atoms with Gasteiger partial charge in [-0.15, -0.1) is 0 Å². The molecule has 0 unspecified atom stereocenters. The lowest BCUT2D eigenvalue weighted by Crippen LogP contribution is -2.61. The molecular formula is C20H30O3. The van der Waals surface area contributed by atoms with Crippen LogP contribution in [0, 0.1) is 34.0 Å². The van der Waals surface area contributed by atoms with Crippen LogP contribution in [-0.4, -0.2) is 28.7 Å². The molecule has 7 atom stereocenters. The normalized spacial score (nSPS) is 55.5. The fourth-order valence-corrected chi connectivity index (χ4v) is 7.41. The van der Waals surface area contributed by atoms with Gasteiger partial charge in [-0.3, -0.25) is 4.79 Å². The molecule has 2 bridgehead atoms. The summed E-state index contributed by atoms with van der Waals surface area (Å²) in [6.45, 7) is 8.49. The number of rotatable bonds is 1. The fourth-order valence-electron chi connectivity index (χ4n) is 7.41. The van der Waals surface area contributed by atoms with Crippen molar-refractivity contribution in [3.05, 3.63) is 12.2 Å². The molecule has 4 saturated carbocycles. The van der Waals surface area contributed by atoms with Crippen molar-refractivity contribution in [2.75, 3.05) is 6.61 Å². The van der Waals surface area contributed by atoms with Crippen molar-refractivity contribution in [3.8, 4) is 0 Å². The third-order valence-corrected chi connectivity index (χ3v) is 8.66. The van der Waals surface area contributed by atoms with E-state index in [1.807, 2.05) is 6.92 Å². The molecule has 1 spiro atoms. The first-order valence-corrected chi connectivity index (χ1v) is 9.30. The summed E-state index contributed by atoms with van der Waals surface area (Å²) in [5, 5.41) is 21.0. The second kappa shape index (κ2) is 4.70. The highest BCUT2D eigenvalue weighted by Gasteiger charge is 2.67. The zero-order valence-electron chi connectivity index (χ0n) is 14.5.